The molecule has 0 aromatic heterocycles. The van der Waals surface area contributed by atoms with Crippen LogP contribution in [0.2, 0.25) is 0 Å². The number of carbonyl (C=O) groups is 1. The van der Waals surface area contributed by atoms with Gasteiger partial charge in [0, 0.05) is 11.6 Å². The number of ether oxygens (including phenoxy) is 1. The van der Waals surface area contributed by atoms with Gasteiger partial charge in [0.05, 0.1) is 5.56 Å². The van der Waals surface area contributed by atoms with Gasteiger partial charge in [-0.25, -0.2) is 4.79 Å². The fourth-order valence-corrected chi connectivity index (χ4v) is 2.19. The molecule has 2 aromatic carbocycles. The van der Waals surface area contributed by atoms with Gasteiger partial charge in [0.25, 0.3) is 0 Å². The third kappa shape index (κ3) is 5.01. The van der Waals surface area contributed by atoms with Crippen molar-refractivity contribution in [2.45, 2.75) is 12.5 Å². The van der Waals surface area contributed by atoms with E-state index >= 15 is 0 Å². The summed E-state index contributed by atoms with van der Waals surface area (Å²) in [6.45, 7) is 0. The van der Waals surface area contributed by atoms with Crippen molar-refractivity contribution in [1.29, 1.82) is 0 Å². The van der Waals surface area contributed by atoms with Gasteiger partial charge in [-0.1, -0.05) is 30.3 Å². The van der Waals surface area contributed by atoms with E-state index < -0.39 is 35.4 Å². The molecular weight excluding hydrogens is 366 g/mol. The fraction of sp³-hybridized carbons (Fsp3) is 0.118. The van der Waals surface area contributed by atoms with Gasteiger partial charge < -0.3 is 9.84 Å². The Balaban J connectivity index is 2.58. The average molecular weight is 376 g/mol. The Bertz CT molecular complexity index is 837. The lowest BCUT2D eigenvalue weighted by atomic mass is 9.98. The van der Waals surface area contributed by atoms with E-state index in [4.69, 9.17) is 5.11 Å². The Labute approximate surface area is 143 Å². The summed E-state index contributed by atoms with van der Waals surface area (Å²) in [4.78, 5) is 10.5. The number of hydrogen-bond donors (Lipinski definition) is 1. The largest absolute Gasteiger partial charge is 0.573 e. The van der Waals surface area contributed by atoms with Crippen molar-refractivity contribution in [2.75, 3.05) is 0 Å². The van der Waals surface area contributed by atoms with Crippen LogP contribution in [0.4, 0.5) is 26.3 Å². The van der Waals surface area contributed by atoms with E-state index in [1.165, 1.54) is 18.2 Å². The number of halogens is 6. The molecule has 0 amide bonds. The first-order chi connectivity index (χ1) is 12.0. The van der Waals surface area contributed by atoms with Crippen molar-refractivity contribution in [3.8, 4) is 16.9 Å². The Morgan fingerprint density at radius 3 is 2.23 bits per heavy atom. The molecule has 3 nitrogen and oxygen atoms in total. The minimum atomic E-state index is -5.01. The number of alkyl halides is 6. The molecule has 1 N–H and O–H groups in total. The molecule has 2 aromatic rings. The summed E-state index contributed by atoms with van der Waals surface area (Å²) in [5.74, 6) is -2.09. The van der Waals surface area contributed by atoms with Crippen molar-refractivity contribution >= 4 is 12.0 Å². The molecule has 0 spiro atoms. The number of carboxylic acid groups (broad SMARTS) is 1. The Morgan fingerprint density at radius 2 is 1.65 bits per heavy atom. The first-order valence-electron chi connectivity index (χ1n) is 6.95. The standard InChI is InChI=1S/C17H10F6O3/c18-16(19,20)13-9-11(6-5-10(13)7-8-15(24)25)12-3-1-2-4-14(12)26-17(21,22)23/h1-9H,(H,24,25)/b8-7+. The topological polar surface area (TPSA) is 46.5 Å². The molecule has 0 saturated carbocycles. The highest BCUT2D eigenvalue weighted by Crippen LogP contribution is 2.39. The minimum Gasteiger partial charge on any atom is -0.478 e. The van der Waals surface area contributed by atoms with Crippen molar-refractivity contribution in [1.82, 2.24) is 0 Å². The molecule has 9 heteroatoms. The van der Waals surface area contributed by atoms with Crippen LogP contribution in [0.3, 0.4) is 0 Å². The molecule has 26 heavy (non-hydrogen) atoms. The summed E-state index contributed by atoms with van der Waals surface area (Å²) in [5, 5.41) is 8.55. The summed E-state index contributed by atoms with van der Waals surface area (Å²) in [5.41, 5.74) is -1.97. The molecule has 0 heterocycles. The molecule has 0 unspecified atom stereocenters. The van der Waals surface area contributed by atoms with E-state index in [-0.39, 0.29) is 11.1 Å². The quantitative estimate of drug-likeness (QED) is 0.577. The van der Waals surface area contributed by atoms with E-state index in [0.717, 1.165) is 24.3 Å². The summed E-state index contributed by atoms with van der Waals surface area (Å²) in [7, 11) is 0. The van der Waals surface area contributed by atoms with Gasteiger partial charge in [0.15, 0.2) is 0 Å². The molecule has 0 aliphatic rings. The van der Waals surface area contributed by atoms with Crippen LogP contribution in [-0.4, -0.2) is 17.4 Å². The van der Waals surface area contributed by atoms with Gasteiger partial charge in [-0.2, -0.15) is 13.2 Å². The fourth-order valence-electron chi connectivity index (χ4n) is 2.19. The first-order valence-corrected chi connectivity index (χ1v) is 6.95. The second-order valence-electron chi connectivity index (χ2n) is 5.02. The second kappa shape index (κ2) is 7.11. The molecule has 0 saturated heterocycles. The van der Waals surface area contributed by atoms with Crippen LogP contribution >= 0.6 is 0 Å². The van der Waals surface area contributed by atoms with Gasteiger partial charge >= 0.3 is 18.5 Å². The number of hydrogen-bond acceptors (Lipinski definition) is 2. The second-order valence-corrected chi connectivity index (χ2v) is 5.02. The summed E-state index contributed by atoms with van der Waals surface area (Å²) < 4.78 is 81.0. The Morgan fingerprint density at radius 1 is 1.00 bits per heavy atom. The highest BCUT2D eigenvalue weighted by Gasteiger charge is 2.34. The van der Waals surface area contributed by atoms with E-state index in [2.05, 4.69) is 4.74 Å². The summed E-state index contributed by atoms with van der Waals surface area (Å²) in [6, 6.07) is 7.53. The molecule has 0 bridgehead atoms. The summed E-state index contributed by atoms with van der Waals surface area (Å²) in [6.07, 6.45) is -8.56. The van der Waals surface area contributed by atoms with Crippen LogP contribution in [0, 0.1) is 0 Å². The lowest BCUT2D eigenvalue weighted by Gasteiger charge is -2.16. The van der Waals surface area contributed by atoms with E-state index in [9.17, 15) is 31.1 Å². The number of rotatable bonds is 4. The Hall–Kier alpha value is -2.97. The van der Waals surface area contributed by atoms with Crippen LogP contribution in [0.5, 0.6) is 5.75 Å². The zero-order valence-corrected chi connectivity index (χ0v) is 12.7. The molecule has 0 fully saturated rings. The van der Waals surface area contributed by atoms with Crippen molar-refractivity contribution < 1.29 is 41.0 Å². The third-order valence-corrected chi connectivity index (χ3v) is 3.19. The number of carboxylic acids is 1. The molecular formula is C17H10F6O3. The van der Waals surface area contributed by atoms with Crippen molar-refractivity contribution in [2.24, 2.45) is 0 Å². The number of aliphatic carboxylic acids is 1. The van der Waals surface area contributed by atoms with Gasteiger partial charge in [0.2, 0.25) is 0 Å². The van der Waals surface area contributed by atoms with Crippen molar-refractivity contribution in [3.63, 3.8) is 0 Å². The predicted molar refractivity (Wildman–Crippen MR) is 80.2 cm³/mol. The van der Waals surface area contributed by atoms with Gasteiger partial charge in [-0.05, 0) is 29.3 Å². The van der Waals surface area contributed by atoms with E-state index in [0.29, 0.717) is 12.1 Å². The minimum absolute atomic E-state index is 0.162. The molecule has 0 aliphatic heterocycles. The highest BCUT2D eigenvalue weighted by molar-refractivity contribution is 5.86. The zero-order chi connectivity index (χ0) is 19.5. The number of para-hydroxylation sites is 1. The lowest BCUT2D eigenvalue weighted by molar-refractivity contribution is -0.274. The third-order valence-electron chi connectivity index (χ3n) is 3.19. The van der Waals surface area contributed by atoms with E-state index in [1.54, 1.807) is 0 Å². The zero-order valence-electron chi connectivity index (χ0n) is 12.7. The van der Waals surface area contributed by atoms with E-state index in [1.807, 2.05) is 0 Å². The predicted octanol–water partition coefficient (Wildman–Crippen LogP) is 5.37. The van der Waals surface area contributed by atoms with Crippen LogP contribution in [-0.2, 0) is 11.0 Å². The average Bonchev–Trinajstić information content (AvgIpc) is 2.51. The molecule has 2 rings (SSSR count). The van der Waals surface area contributed by atoms with Crippen molar-refractivity contribution in [3.05, 3.63) is 59.7 Å². The highest BCUT2D eigenvalue weighted by atomic mass is 19.4. The van der Waals surface area contributed by atoms with Crippen LogP contribution in [0.1, 0.15) is 11.1 Å². The summed E-state index contributed by atoms with van der Waals surface area (Å²) >= 11 is 0. The first kappa shape index (κ1) is 19.4. The van der Waals surface area contributed by atoms with Crippen LogP contribution in [0.15, 0.2) is 48.5 Å². The number of benzene rings is 2. The molecule has 0 atom stereocenters. The monoisotopic (exact) mass is 376 g/mol. The molecule has 138 valence electrons. The Kier molecular flexibility index (Phi) is 5.29. The maximum absolute atomic E-state index is 13.2. The lowest BCUT2D eigenvalue weighted by Crippen LogP contribution is -2.17. The van der Waals surface area contributed by atoms with Crippen LogP contribution in [0.25, 0.3) is 17.2 Å². The van der Waals surface area contributed by atoms with Gasteiger partial charge in [-0.15, -0.1) is 13.2 Å². The van der Waals surface area contributed by atoms with Crippen LogP contribution < -0.4 is 4.74 Å². The molecule has 0 radical (unpaired) electrons. The van der Waals surface area contributed by atoms with Gasteiger partial charge in [0.1, 0.15) is 5.75 Å². The molecule has 0 aliphatic carbocycles. The smallest absolute Gasteiger partial charge is 0.478 e. The van der Waals surface area contributed by atoms with Gasteiger partial charge in [-0.3, -0.25) is 0 Å². The SMILES string of the molecule is O=C(O)/C=C/c1ccc(-c2ccccc2OC(F)(F)F)cc1C(F)(F)F. The maximum Gasteiger partial charge on any atom is 0.573 e. The maximum atomic E-state index is 13.2. The normalized spacial score (nSPS) is 12.4.